The molecule has 1 aliphatic heterocycles. The molecule has 1 aromatic heterocycles. The monoisotopic (exact) mass is 294 g/mol. The Balaban J connectivity index is 1.91. The molecule has 1 unspecified atom stereocenters. The summed E-state index contributed by atoms with van der Waals surface area (Å²) >= 11 is 1.85. The number of hydrogen-bond donors (Lipinski definition) is 1. The smallest absolute Gasteiger partial charge is 0.261 e. The van der Waals surface area contributed by atoms with Gasteiger partial charge in [0, 0.05) is 23.7 Å². The molecule has 1 aromatic carbocycles. The highest BCUT2D eigenvalue weighted by molar-refractivity contribution is 7.99. The van der Waals surface area contributed by atoms with Crippen molar-refractivity contribution < 1.29 is 8.91 Å². The van der Waals surface area contributed by atoms with Gasteiger partial charge in [-0.3, -0.25) is 4.90 Å². The number of anilines is 1. The zero-order valence-electron chi connectivity index (χ0n) is 11.0. The van der Waals surface area contributed by atoms with Crippen LogP contribution in [0.3, 0.4) is 0 Å². The molecular weight excluding hydrogens is 279 g/mol. The van der Waals surface area contributed by atoms with E-state index in [4.69, 9.17) is 10.3 Å². The van der Waals surface area contributed by atoms with Gasteiger partial charge in [-0.15, -0.1) is 0 Å². The number of nitrogens with two attached hydrogens (primary N) is 1. The predicted molar refractivity (Wildman–Crippen MR) is 76.8 cm³/mol. The summed E-state index contributed by atoms with van der Waals surface area (Å²) in [6.07, 6.45) is 0. The van der Waals surface area contributed by atoms with Gasteiger partial charge >= 0.3 is 0 Å². The molecule has 2 aromatic rings. The Morgan fingerprint density at radius 2 is 2.35 bits per heavy atom. The number of halogens is 1. The van der Waals surface area contributed by atoms with Crippen molar-refractivity contribution in [1.82, 2.24) is 15.0 Å². The molecule has 5 nitrogen and oxygen atoms in total. The summed E-state index contributed by atoms with van der Waals surface area (Å²) in [5.41, 5.74) is 6.38. The minimum atomic E-state index is -0.416. The van der Waals surface area contributed by atoms with Crippen molar-refractivity contribution in [2.45, 2.75) is 6.04 Å². The molecule has 2 heterocycles. The third kappa shape index (κ3) is 2.51. The van der Waals surface area contributed by atoms with Gasteiger partial charge < -0.3 is 10.3 Å². The molecule has 20 heavy (non-hydrogen) atoms. The van der Waals surface area contributed by atoms with E-state index in [0.717, 1.165) is 18.1 Å². The summed E-state index contributed by atoms with van der Waals surface area (Å²) < 4.78 is 19.0. The lowest BCUT2D eigenvalue weighted by Crippen LogP contribution is -2.33. The first-order valence-electron chi connectivity index (χ1n) is 6.32. The number of hydrogen-bond acceptors (Lipinski definition) is 6. The van der Waals surface area contributed by atoms with E-state index in [9.17, 15) is 4.39 Å². The van der Waals surface area contributed by atoms with Gasteiger partial charge in [-0.2, -0.15) is 16.7 Å². The predicted octanol–water partition coefficient (Wildman–Crippen LogP) is 2.18. The van der Waals surface area contributed by atoms with Crippen molar-refractivity contribution in [2.24, 2.45) is 0 Å². The molecule has 2 N–H and O–H groups in total. The maximum absolute atomic E-state index is 13.8. The second-order valence-corrected chi connectivity index (χ2v) is 5.92. The quantitative estimate of drug-likeness (QED) is 0.856. The zero-order valence-corrected chi connectivity index (χ0v) is 11.9. The first-order chi connectivity index (χ1) is 9.65. The summed E-state index contributed by atoms with van der Waals surface area (Å²) in [5.74, 6) is 2.36. The Morgan fingerprint density at radius 1 is 1.50 bits per heavy atom. The molecule has 1 aliphatic rings. The van der Waals surface area contributed by atoms with Crippen LogP contribution in [0.2, 0.25) is 0 Å². The van der Waals surface area contributed by atoms with Crippen LogP contribution in [0.15, 0.2) is 22.7 Å². The second-order valence-electron chi connectivity index (χ2n) is 4.77. The van der Waals surface area contributed by atoms with Crippen LogP contribution in [0.5, 0.6) is 0 Å². The molecule has 0 bridgehead atoms. The molecule has 7 heteroatoms. The van der Waals surface area contributed by atoms with Crippen molar-refractivity contribution in [3.8, 4) is 11.5 Å². The summed E-state index contributed by atoms with van der Waals surface area (Å²) in [6.45, 7) is 0.978. The highest BCUT2D eigenvalue weighted by Gasteiger charge is 2.26. The zero-order chi connectivity index (χ0) is 14.1. The Labute approximate surface area is 120 Å². The number of thioether (sulfide) groups is 1. The molecule has 1 saturated heterocycles. The molecule has 1 fully saturated rings. The van der Waals surface area contributed by atoms with Crippen LogP contribution < -0.4 is 5.73 Å². The van der Waals surface area contributed by atoms with Crippen LogP contribution in [0.25, 0.3) is 11.5 Å². The summed E-state index contributed by atoms with van der Waals surface area (Å²) in [4.78, 5) is 6.51. The van der Waals surface area contributed by atoms with E-state index in [1.807, 2.05) is 18.8 Å². The maximum Gasteiger partial charge on any atom is 0.261 e. The van der Waals surface area contributed by atoms with E-state index in [1.165, 1.54) is 18.2 Å². The summed E-state index contributed by atoms with van der Waals surface area (Å²) in [5, 5.41) is 3.99. The van der Waals surface area contributed by atoms with Crippen molar-refractivity contribution in [3.63, 3.8) is 0 Å². The molecule has 1 atom stereocenters. The van der Waals surface area contributed by atoms with Crippen molar-refractivity contribution in [3.05, 3.63) is 29.8 Å². The van der Waals surface area contributed by atoms with Gasteiger partial charge in [-0.25, -0.2) is 4.39 Å². The molecule has 0 amide bonds. The van der Waals surface area contributed by atoms with Gasteiger partial charge in [0.25, 0.3) is 5.89 Å². The topological polar surface area (TPSA) is 68.2 Å². The van der Waals surface area contributed by atoms with Crippen LogP contribution in [0.1, 0.15) is 11.9 Å². The Morgan fingerprint density at radius 3 is 3.15 bits per heavy atom. The van der Waals surface area contributed by atoms with E-state index in [1.54, 1.807) is 0 Å². The van der Waals surface area contributed by atoms with E-state index in [0.29, 0.717) is 11.5 Å². The minimum Gasteiger partial charge on any atom is -0.399 e. The standard InChI is InChI=1S/C13H15FN4OS/c1-18-4-5-20-7-11(18)12-16-13(19-17-12)9-6-8(15)2-3-10(9)14/h2-3,6,11H,4-5,7,15H2,1H3. The average Bonchev–Trinajstić information content (AvgIpc) is 2.91. The number of nitrogen functional groups attached to an aromatic ring is 1. The largest absolute Gasteiger partial charge is 0.399 e. The van der Waals surface area contributed by atoms with Crippen LogP contribution in [0, 0.1) is 5.82 Å². The summed E-state index contributed by atoms with van der Waals surface area (Å²) in [6, 6.07) is 4.42. The second kappa shape index (κ2) is 5.41. The summed E-state index contributed by atoms with van der Waals surface area (Å²) in [7, 11) is 2.03. The minimum absolute atomic E-state index is 0.107. The Hall–Kier alpha value is -1.60. The molecule has 0 aliphatic carbocycles. The third-order valence-electron chi connectivity index (χ3n) is 3.36. The maximum atomic E-state index is 13.8. The van der Waals surface area contributed by atoms with Gasteiger partial charge in [0.15, 0.2) is 5.82 Å². The van der Waals surface area contributed by atoms with Crippen molar-refractivity contribution in [2.75, 3.05) is 30.8 Å². The first-order valence-corrected chi connectivity index (χ1v) is 7.47. The lowest BCUT2D eigenvalue weighted by molar-refractivity contribution is 0.257. The van der Waals surface area contributed by atoms with E-state index < -0.39 is 5.82 Å². The first kappa shape index (κ1) is 13.4. The molecule has 0 spiro atoms. The number of nitrogens with zero attached hydrogens (tertiary/aromatic N) is 3. The lowest BCUT2D eigenvalue weighted by atomic mass is 10.2. The molecule has 106 valence electrons. The third-order valence-corrected chi connectivity index (χ3v) is 4.38. The molecule has 0 saturated carbocycles. The Bertz CT molecular complexity index is 618. The highest BCUT2D eigenvalue weighted by Crippen LogP contribution is 2.29. The number of benzene rings is 1. The van der Waals surface area contributed by atoms with Crippen LogP contribution in [-0.2, 0) is 0 Å². The van der Waals surface area contributed by atoms with Crippen LogP contribution >= 0.6 is 11.8 Å². The highest BCUT2D eigenvalue weighted by atomic mass is 32.2. The normalized spacial score (nSPS) is 20.2. The fourth-order valence-electron chi connectivity index (χ4n) is 2.14. The molecule has 0 radical (unpaired) electrons. The van der Waals surface area contributed by atoms with Crippen LogP contribution in [0.4, 0.5) is 10.1 Å². The number of aromatic nitrogens is 2. The van der Waals surface area contributed by atoms with Gasteiger partial charge in [-0.05, 0) is 25.2 Å². The van der Waals surface area contributed by atoms with Crippen molar-refractivity contribution in [1.29, 1.82) is 0 Å². The van der Waals surface area contributed by atoms with Gasteiger partial charge in [0.05, 0.1) is 11.6 Å². The van der Waals surface area contributed by atoms with Gasteiger partial charge in [-0.1, -0.05) is 5.16 Å². The fraction of sp³-hybridized carbons (Fsp3) is 0.385. The van der Waals surface area contributed by atoms with Crippen LogP contribution in [-0.4, -0.2) is 40.1 Å². The van der Waals surface area contributed by atoms with E-state index in [-0.39, 0.29) is 17.5 Å². The SMILES string of the molecule is CN1CCSCC1c1noc(-c2cc(N)ccc2F)n1. The van der Waals surface area contributed by atoms with E-state index in [2.05, 4.69) is 15.0 Å². The number of rotatable bonds is 2. The average molecular weight is 294 g/mol. The van der Waals surface area contributed by atoms with E-state index >= 15 is 0 Å². The van der Waals surface area contributed by atoms with Gasteiger partial charge in [0.2, 0.25) is 0 Å². The lowest BCUT2D eigenvalue weighted by Gasteiger charge is -2.29. The van der Waals surface area contributed by atoms with Crippen molar-refractivity contribution >= 4 is 17.4 Å². The Kier molecular flexibility index (Phi) is 3.62. The van der Waals surface area contributed by atoms with Gasteiger partial charge in [0.1, 0.15) is 5.82 Å². The molecular formula is C13H15FN4OS. The molecule has 3 rings (SSSR count). The fourth-order valence-corrected chi connectivity index (χ4v) is 3.36.